The van der Waals surface area contributed by atoms with Crippen molar-refractivity contribution in [2.24, 2.45) is 0 Å². The number of imidazole rings is 1. The highest BCUT2D eigenvalue weighted by Crippen LogP contribution is 2.15. The number of nitrogens with one attached hydrogen (secondary N) is 1. The second-order valence-corrected chi connectivity index (χ2v) is 6.66. The highest BCUT2D eigenvalue weighted by atomic mass is 16.1. The SMILES string of the molecule is Cc1nccn1Cc1ccc(C(=O)NCc2ccc3ccccc3c2)cc1. The fraction of sp³-hybridized carbons (Fsp3) is 0.130. The summed E-state index contributed by atoms with van der Waals surface area (Å²) < 4.78 is 2.08. The largest absolute Gasteiger partial charge is 0.348 e. The van der Waals surface area contributed by atoms with Crippen LogP contribution in [0.5, 0.6) is 0 Å². The van der Waals surface area contributed by atoms with E-state index in [0.717, 1.165) is 23.5 Å². The van der Waals surface area contributed by atoms with Crippen LogP contribution < -0.4 is 5.32 Å². The van der Waals surface area contributed by atoms with E-state index in [0.29, 0.717) is 12.1 Å². The Kier molecular flexibility index (Phi) is 4.71. The molecule has 0 atom stereocenters. The van der Waals surface area contributed by atoms with Crippen LogP contribution in [0.15, 0.2) is 79.1 Å². The highest BCUT2D eigenvalue weighted by molar-refractivity contribution is 5.94. The van der Waals surface area contributed by atoms with Gasteiger partial charge in [-0.2, -0.15) is 0 Å². The zero-order valence-corrected chi connectivity index (χ0v) is 15.2. The second-order valence-electron chi connectivity index (χ2n) is 6.66. The minimum Gasteiger partial charge on any atom is -0.348 e. The summed E-state index contributed by atoms with van der Waals surface area (Å²) in [6.07, 6.45) is 3.75. The monoisotopic (exact) mass is 355 g/mol. The van der Waals surface area contributed by atoms with Gasteiger partial charge in [-0.1, -0.05) is 48.5 Å². The number of rotatable bonds is 5. The number of amides is 1. The average Bonchev–Trinajstić information content (AvgIpc) is 3.11. The van der Waals surface area contributed by atoms with Crippen molar-refractivity contribution in [2.45, 2.75) is 20.0 Å². The molecule has 1 aromatic heterocycles. The number of nitrogens with zero attached hydrogens (tertiary/aromatic N) is 2. The summed E-state index contributed by atoms with van der Waals surface area (Å²) in [5, 5.41) is 5.39. The maximum atomic E-state index is 12.4. The summed E-state index contributed by atoms with van der Waals surface area (Å²) in [5.74, 6) is 0.917. The van der Waals surface area contributed by atoms with Crippen LogP contribution in [-0.4, -0.2) is 15.5 Å². The van der Waals surface area contributed by atoms with Crippen LogP contribution in [0.1, 0.15) is 27.3 Å². The molecule has 0 fully saturated rings. The molecule has 27 heavy (non-hydrogen) atoms. The van der Waals surface area contributed by atoms with Gasteiger partial charge in [-0.3, -0.25) is 4.79 Å². The number of aryl methyl sites for hydroxylation is 1. The van der Waals surface area contributed by atoms with Crippen LogP contribution in [0.25, 0.3) is 10.8 Å². The quantitative estimate of drug-likeness (QED) is 0.579. The first-order chi connectivity index (χ1) is 13.2. The first-order valence-electron chi connectivity index (χ1n) is 9.01. The molecule has 0 aliphatic rings. The Hall–Kier alpha value is -3.40. The third-order valence-corrected chi connectivity index (χ3v) is 4.76. The molecule has 3 aromatic carbocycles. The third-order valence-electron chi connectivity index (χ3n) is 4.76. The minimum atomic E-state index is -0.0616. The summed E-state index contributed by atoms with van der Waals surface area (Å²) in [7, 11) is 0. The molecule has 1 N–H and O–H groups in total. The lowest BCUT2D eigenvalue weighted by Gasteiger charge is -2.08. The zero-order chi connectivity index (χ0) is 18.6. The van der Waals surface area contributed by atoms with E-state index in [-0.39, 0.29) is 5.91 Å². The molecule has 0 aliphatic carbocycles. The zero-order valence-electron chi connectivity index (χ0n) is 15.2. The van der Waals surface area contributed by atoms with Crippen LogP contribution in [-0.2, 0) is 13.1 Å². The van der Waals surface area contributed by atoms with Gasteiger partial charge in [0, 0.05) is 31.0 Å². The minimum absolute atomic E-state index is 0.0616. The summed E-state index contributed by atoms with van der Waals surface area (Å²) in [6, 6.07) is 22.2. The van der Waals surface area contributed by atoms with Crippen LogP contribution in [0.2, 0.25) is 0 Å². The molecule has 0 saturated heterocycles. The highest BCUT2D eigenvalue weighted by Gasteiger charge is 2.06. The van der Waals surface area contributed by atoms with Crippen LogP contribution in [0.4, 0.5) is 0 Å². The number of hydrogen-bond donors (Lipinski definition) is 1. The van der Waals surface area contributed by atoms with Gasteiger partial charge in [-0.25, -0.2) is 4.98 Å². The van der Waals surface area contributed by atoms with Gasteiger partial charge in [0.05, 0.1) is 0 Å². The van der Waals surface area contributed by atoms with Crippen LogP contribution in [0, 0.1) is 6.92 Å². The van der Waals surface area contributed by atoms with Gasteiger partial charge < -0.3 is 9.88 Å². The fourth-order valence-corrected chi connectivity index (χ4v) is 3.16. The van der Waals surface area contributed by atoms with Gasteiger partial charge >= 0.3 is 0 Å². The number of aromatic nitrogens is 2. The fourth-order valence-electron chi connectivity index (χ4n) is 3.16. The standard InChI is InChI=1S/C23H21N3O/c1-17-24-12-13-26(17)16-18-6-10-21(11-7-18)23(27)25-15-19-8-9-20-4-2-3-5-22(20)14-19/h2-14H,15-16H2,1H3,(H,25,27). The molecular weight excluding hydrogens is 334 g/mol. The summed E-state index contributed by atoms with van der Waals surface area (Å²) >= 11 is 0. The number of fused-ring (bicyclic) bond motifs is 1. The summed E-state index contributed by atoms with van der Waals surface area (Å²) in [5.41, 5.74) is 2.90. The third kappa shape index (κ3) is 3.90. The van der Waals surface area contributed by atoms with E-state index in [1.807, 2.05) is 49.5 Å². The molecule has 4 aromatic rings. The van der Waals surface area contributed by atoms with Crippen molar-refractivity contribution >= 4 is 16.7 Å². The number of carbonyl (C=O) groups excluding carboxylic acids is 1. The van der Waals surface area contributed by atoms with Crippen LogP contribution in [0.3, 0.4) is 0 Å². The van der Waals surface area contributed by atoms with Gasteiger partial charge in [0.25, 0.3) is 5.91 Å². The van der Waals surface area contributed by atoms with E-state index in [9.17, 15) is 4.79 Å². The maximum Gasteiger partial charge on any atom is 0.251 e. The summed E-state index contributed by atoms with van der Waals surface area (Å²) in [6.45, 7) is 3.25. The van der Waals surface area contributed by atoms with Crippen molar-refractivity contribution < 1.29 is 4.79 Å². The van der Waals surface area contributed by atoms with Gasteiger partial charge in [0.15, 0.2) is 0 Å². The summed E-state index contributed by atoms with van der Waals surface area (Å²) in [4.78, 5) is 16.7. The predicted molar refractivity (Wildman–Crippen MR) is 108 cm³/mol. The second kappa shape index (κ2) is 7.46. The Morgan fingerprint density at radius 1 is 0.963 bits per heavy atom. The smallest absolute Gasteiger partial charge is 0.251 e. The molecule has 4 rings (SSSR count). The van der Waals surface area contributed by atoms with Crippen LogP contribution >= 0.6 is 0 Å². The lowest BCUT2D eigenvalue weighted by molar-refractivity contribution is 0.0951. The van der Waals surface area contributed by atoms with Crippen molar-refractivity contribution in [2.75, 3.05) is 0 Å². The number of benzene rings is 3. The normalized spacial score (nSPS) is 10.9. The van der Waals surface area contributed by atoms with Crippen molar-refractivity contribution in [3.8, 4) is 0 Å². The van der Waals surface area contributed by atoms with E-state index in [1.165, 1.54) is 10.8 Å². The molecule has 0 unspecified atom stereocenters. The molecule has 0 aliphatic heterocycles. The molecule has 134 valence electrons. The van der Waals surface area contributed by atoms with Gasteiger partial charge in [-0.15, -0.1) is 0 Å². The average molecular weight is 355 g/mol. The Bertz CT molecular complexity index is 1080. The maximum absolute atomic E-state index is 12.4. The molecule has 1 amide bonds. The molecule has 0 saturated carbocycles. The van der Waals surface area contributed by atoms with E-state index >= 15 is 0 Å². The van der Waals surface area contributed by atoms with E-state index < -0.39 is 0 Å². The number of carbonyl (C=O) groups is 1. The molecule has 0 spiro atoms. The molecule has 1 heterocycles. The van der Waals surface area contributed by atoms with Gasteiger partial charge in [0.1, 0.15) is 5.82 Å². The lowest BCUT2D eigenvalue weighted by Crippen LogP contribution is -2.22. The molecule has 0 bridgehead atoms. The Morgan fingerprint density at radius 2 is 1.70 bits per heavy atom. The Balaban J connectivity index is 1.39. The predicted octanol–water partition coefficient (Wildman–Crippen LogP) is 4.32. The lowest BCUT2D eigenvalue weighted by atomic mass is 10.1. The van der Waals surface area contributed by atoms with Gasteiger partial charge in [0.2, 0.25) is 0 Å². The van der Waals surface area contributed by atoms with Crippen molar-refractivity contribution in [3.05, 3.63) is 102 Å². The molecule has 4 heteroatoms. The first-order valence-corrected chi connectivity index (χ1v) is 9.01. The van der Waals surface area contributed by atoms with Gasteiger partial charge in [-0.05, 0) is 47.0 Å². The van der Waals surface area contributed by atoms with E-state index in [4.69, 9.17) is 0 Å². The van der Waals surface area contributed by atoms with Crippen molar-refractivity contribution in [1.29, 1.82) is 0 Å². The molecular formula is C23H21N3O. The molecule has 0 radical (unpaired) electrons. The molecule has 4 nitrogen and oxygen atoms in total. The topological polar surface area (TPSA) is 46.9 Å². The Labute approximate surface area is 158 Å². The van der Waals surface area contributed by atoms with E-state index in [1.54, 1.807) is 6.20 Å². The Morgan fingerprint density at radius 3 is 2.44 bits per heavy atom. The van der Waals surface area contributed by atoms with E-state index in [2.05, 4.69) is 45.2 Å². The number of hydrogen-bond acceptors (Lipinski definition) is 2. The van der Waals surface area contributed by atoms with Crippen molar-refractivity contribution in [3.63, 3.8) is 0 Å². The first kappa shape index (κ1) is 17.0. The van der Waals surface area contributed by atoms with Crippen molar-refractivity contribution in [1.82, 2.24) is 14.9 Å².